The number of pyridine rings is 1. The predicted octanol–water partition coefficient (Wildman–Crippen LogP) is 1.05. The molecule has 2 rings (SSSR count). The van der Waals surface area contributed by atoms with E-state index in [-0.39, 0.29) is 0 Å². The van der Waals surface area contributed by atoms with Crippen LogP contribution >= 0.6 is 0 Å². The maximum Gasteiger partial charge on any atom is 0.0573 e. The molecule has 0 bridgehead atoms. The average molecular weight is 191 g/mol. The molecule has 0 spiro atoms. The third-order valence-corrected chi connectivity index (χ3v) is 2.73. The van der Waals surface area contributed by atoms with E-state index >= 15 is 0 Å². The van der Waals surface area contributed by atoms with Crippen LogP contribution in [0, 0.1) is 0 Å². The minimum Gasteiger partial charge on any atom is -0.307 e. The number of likely N-dealkylation sites (N-methyl/N-ethyl adjacent to an activating group) is 1. The molecule has 0 saturated carbocycles. The Labute approximate surface area is 85.1 Å². The molecule has 2 heterocycles. The second kappa shape index (κ2) is 4.53. The van der Waals surface area contributed by atoms with Crippen LogP contribution in [0.15, 0.2) is 24.4 Å². The average Bonchev–Trinajstić information content (AvgIpc) is 2.44. The summed E-state index contributed by atoms with van der Waals surface area (Å²) in [6, 6.07) is 6.55. The third-order valence-electron chi connectivity index (χ3n) is 2.73. The molecule has 0 aliphatic carbocycles. The summed E-state index contributed by atoms with van der Waals surface area (Å²) in [7, 11) is 2.17. The molecule has 0 radical (unpaired) electrons. The lowest BCUT2D eigenvalue weighted by Crippen LogP contribution is -2.25. The summed E-state index contributed by atoms with van der Waals surface area (Å²) in [6.07, 6.45) is 3.01. The SMILES string of the molecule is CN1CCNC(c2ccccn2)CC1. The van der Waals surface area contributed by atoms with Crippen molar-refractivity contribution in [1.29, 1.82) is 0 Å². The number of nitrogens with one attached hydrogen (secondary N) is 1. The zero-order valence-corrected chi connectivity index (χ0v) is 8.61. The highest BCUT2D eigenvalue weighted by Gasteiger charge is 2.15. The largest absolute Gasteiger partial charge is 0.307 e. The monoisotopic (exact) mass is 191 g/mol. The van der Waals surface area contributed by atoms with Crippen LogP contribution in [0.1, 0.15) is 18.2 Å². The van der Waals surface area contributed by atoms with Crippen molar-refractivity contribution in [3.8, 4) is 0 Å². The van der Waals surface area contributed by atoms with Crippen molar-refractivity contribution in [3.63, 3.8) is 0 Å². The Hall–Kier alpha value is -0.930. The van der Waals surface area contributed by atoms with Gasteiger partial charge in [0, 0.05) is 19.3 Å². The lowest BCUT2D eigenvalue weighted by atomic mass is 10.1. The van der Waals surface area contributed by atoms with Crippen LogP contribution in [0.4, 0.5) is 0 Å². The standard InChI is InChI=1S/C11H17N3/c1-14-8-5-11(13-7-9-14)10-4-2-3-6-12-10/h2-4,6,11,13H,5,7-9H2,1H3. The van der Waals surface area contributed by atoms with Crippen LogP contribution in [-0.4, -0.2) is 36.6 Å². The molecule has 1 aliphatic heterocycles. The van der Waals surface area contributed by atoms with Crippen molar-refractivity contribution in [2.45, 2.75) is 12.5 Å². The fourth-order valence-electron chi connectivity index (χ4n) is 1.83. The Morgan fingerprint density at radius 1 is 1.43 bits per heavy atom. The molecule has 1 N–H and O–H groups in total. The van der Waals surface area contributed by atoms with Gasteiger partial charge in [0.1, 0.15) is 0 Å². The summed E-state index contributed by atoms with van der Waals surface area (Å²) in [5.41, 5.74) is 1.17. The summed E-state index contributed by atoms with van der Waals surface area (Å²) in [5.74, 6) is 0. The second-order valence-electron chi connectivity index (χ2n) is 3.85. The fourth-order valence-corrected chi connectivity index (χ4v) is 1.83. The highest BCUT2D eigenvalue weighted by atomic mass is 15.1. The molecule has 3 heteroatoms. The zero-order valence-electron chi connectivity index (χ0n) is 8.61. The Balaban J connectivity index is 2.04. The first kappa shape index (κ1) is 9.62. The van der Waals surface area contributed by atoms with E-state index in [1.165, 1.54) is 5.69 Å². The van der Waals surface area contributed by atoms with Gasteiger partial charge in [0.25, 0.3) is 0 Å². The second-order valence-corrected chi connectivity index (χ2v) is 3.85. The van der Waals surface area contributed by atoms with E-state index in [9.17, 15) is 0 Å². The van der Waals surface area contributed by atoms with Crippen molar-refractivity contribution < 1.29 is 0 Å². The Kier molecular flexibility index (Phi) is 3.11. The van der Waals surface area contributed by atoms with Crippen LogP contribution in [0.5, 0.6) is 0 Å². The van der Waals surface area contributed by atoms with E-state index in [4.69, 9.17) is 0 Å². The molecule has 0 aromatic carbocycles. The van der Waals surface area contributed by atoms with E-state index in [0.717, 1.165) is 26.1 Å². The lowest BCUT2D eigenvalue weighted by molar-refractivity contribution is 0.355. The van der Waals surface area contributed by atoms with Crippen molar-refractivity contribution in [2.24, 2.45) is 0 Å². The molecular weight excluding hydrogens is 174 g/mol. The topological polar surface area (TPSA) is 28.2 Å². The van der Waals surface area contributed by atoms with Gasteiger partial charge in [0.15, 0.2) is 0 Å². The van der Waals surface area contributed by atoms with E-state index in [1.807, 2.05) is 12.3 Å². The van der Waals surface area contributed by atoms with Gasteiger partial charge in [-0.1, -0.05) is 6.07 Å². The van der Waals surface area contributed by atoms with Crippen molar-refractivity contribution >= 4 is 0 Å². The summed E-state index contributed by atoms with van der Waals surface area (Å²) >= 11 is 0. The zero-order chi connectivity index (χ0) is 9.80. The molecule has 1 unspecified atom stereocenters. The number of hydrogen-bond acceptors (Lipinski definition) is 3. The molecule has 1 aromatic rings. The summed E-state index contributed by atoms with van der Waals surface area (Å²) < 4.78 is 0. The number of nitrogens with zero attached hydrogens (tertiary/aromatic N) is 2. The number of aromatic nitrogens is 1. The molecule has 1 aliphatic rings. The van der Waals surface area contributed by atoms with Crippen LogP contribution in [0.2, 0.25) is 0 Å². The molecule has 1 atom stereocenters. The Bertz CT molecular complexity index is 273. The molecule has 1 fully saturated rings. The predicted molar refractivity (Wildman–Crippen MR) is 57.1 cm³/mol. The van der Waals surface area contributed by atoms with Crippen LogP contribution in [-0.2, 0) is 0 Å². The van der Waals surface area contributed by atoms with Gasteiger partial charge in [-0.05, 0) is 32.1 Å². The van der Waals surface area contributed by atoms with E-state index < -0.39 is 0 Å². The Morgan fingerprint density at radius 2 is 2.36 bits per heavy atom. The molecule has 1 aromatic heterocycles. The van der Waals surface area contributed by atoms with Gasteiger partial charge in [-0.15, -0.1) is 0 Å². The van der Waals surface area contributed by atoms with Gasteiger partial charge in [-0.3, -0.25) is 4.98 Å². The van der Waals surface area contributed by atoms with Crippen LogP contribution in [0.3, 0.4) is 0 Å². The fraction of sp³-hybridized carbons (Fsp3) is 0.545. The lowest BCUT2D eigenvalue weighted by Gasteiger charge is -2.14. The van der Waals surface area contributed by atoms with Gasteiger partial charge in [-0.2, -0.15) is 0 Å². The highest BCUT2D eigenvalue weighted by Crippen LogP contribution is 2.15. The first-order chi connectivity index (χ1) is 6.86. The quantitative estimate of drug-likeness (QED) is 0.719. The molecule has 1 saturated heterocycles. The molecule has 76 valence electrons. The highest BCUT2D eigenvalue weighted by molar-refractivity contribution is 5.09. The summed E-state index contributed by atoms with van der Waals surface area (Å²) in [6.45, 7) is 3.33. The van der Waals surface area contributed by atoms with E-state index in [1.54, 1.807) is 0 Å². The minimum atomic E-state index is 0.432. The van der Waals surface area contributed by atoms with Crippen LogP contribution in [0.25, 0.3) is 0 Å². The van der Waals surface area contributed by atoms with E-state index in [0.29, 0.717) is 6.04 Å². The van der Waals surface area contributed by atoms with Crippen LogP contribution < -0.4 is 5.32 Å². The van der Waals surface area contributed by atoms with Gasteiger partial charge < -0.3 is 10.2 Å². The smallest absolute Gasteiger partial charge is 0.0573 e. The van der Waals surface area contributed by atoms with E-state index in [2.05, 4.69) is 34.4 Å². The third kappa shape index (κ3) is 2.30. The van der Waals surface area contributed by atoms with Gasteiger partial charge in [0.05, 0.1) is 11.7 Å². The number of hydrogen-bond donors (Lipinski definition) is 1. The summed E-state index contributed by atoms with van der Waals surface area (Å²) in [5, 5.41) is 3.52. The molecule has 0 amide bonds. The summed E-state index contributed by atoms with van der Waals surface area (Å²) in [4.78, 5) is 6.75. The Morgan fingerprint density at radius 3 is 3.14 bits per heavy atom. The first-order valence-corrected chi connectivity index (χ1v) is 5.19. The maximum atomic E-state index is 4.39. The van der Waals surface area contributed by atoms with Crippen molar-refractivity contribution in [2.75, 3.05) is 26.7 Å². The van der Waals surface area contributed by atoms with Crippen molar-refractivity contribution in [1.82, 2.24) is 15.2 Å². The van der Waals surface area contributed by atoms with Crippen molar-refractivity contribution in [3.05, 3.63) is 30.1 Å². The molecular formula is C11H17N3. The maximum absolute atomic E-state index is 4.39. The number of rotatable bonds is 1. The van der Waals surface area contributed by atoms with Gasteiger partial charge >= 0.3 is 0 Å². The molecule has 14 heavy (non-hydrogen) atoms. The molecule has 3 nitrogen and oxygen atoms in total. The van der Waals surface area contributed by atoms with Gasteiger partial charge in [0.2, 0.25) is 0 Å². The van der Waals surface area contributed by atoms with Gasteiger partial charge in [-0.25, -0.2) is 0 Å². The normalized spacial score (nSPS) is 24.5. The minimum absolute atomic E-state index is 0.432. The first-order valence-electron chi connectivity index (χ1n) is 5.19.